The second-order valence-electron chi connectivity index (χ2n) is 5.94. The van der Waals surface area contributed by atoms with E-state index in [0.717, 1.165) is 42.0 Å². The van der Waals surface area contributed by atoms with Crippen LogP contribution in [0, 0.1) is 0 Å². The Labute approximate surface area is 141 Å². The Kier molecular flexibility index (Phi) is 4.01. The summed E-state index contributed by atoms with van der Waals surface area (Å²) in [5, 5.41) is 8.92. The molecule has 3 heterocycles. The molecule has 24 heavy (non-hydrogen) atoms. The van der Waals surface area contributed by atoms with E-state index < -0.39 is 0 Å². The molecule has 1 N–H and O–H groups in total. The lowest BCUT2D eigenvalue weighted by Gasteiger charge is -2.13. The second kappa shape index (κ2) is 6.45. The number of ether oxygens (including phenoxy) is 1. The zero-order chi connectivity index (χ0) is 16.4. The van der Waals surface area contributed by atoms with Crippen LogP contribution in [-0.2, 0) is 6.54 Å². The standard InChI is InChI=1S/C19H20N4O/c1-24-17-5-2-14(3-6-17)13-23-19-16(12-21-23)4-7-18(22-19)15-8-10-20-11-9-15/h2-8,12,20H,9-11,13H2,1H3. The number of pyridine rings is 1. The van der Waals surface area contributed by atoms with Crippen molar-refractivity contribution >= 4 is 16.6 Å². The summed E-state index contributed by atoms with van der Waals surface area (Å²) in [6.07, 6.45) is 5.12. The van der Waals surface area contributed by atoms with Gasteiger partial charge in [0.05, 0.1) is 25.5 Å². The van der Waals surface area contributed by atoms with Gasteiger partial charge in [0, 0.05) is 11.9 Å². The van der Waals surface area contributed by atoms with Crippen LogP contribution in [0.4, 0.5) is 0 Å². The molecule has 0 spiro atoms. The number of hydrogen-bond donors (Lipinski definition) is 1. The van der Waals surface area contributed by atoms with Gasteiger partial charge in [0.15, 0.2) is 5.65 Å². The average Bonchev–Trinajstić information content (AvgIpc) is 3.05. The first-order valence-corrected chi connectivity index (χ1v) is 8.19. The second-order valence-corrected chi connectivity index (χ2v) is 5.94. The van der Waals surface area contributed by atoms with E-state index >= 15 is 0 Å². The van der Waals surface area contributed by atoms with E-state index in [0.29, 0.717) is 6.54 Å². The maximum absolute atomic E-state index is 5.21. The van der Waals surface area contributed by atoms with Crippen LogP contribution in [-0.4, -0.2) is 35.0 Å². The summed E-state index contributed by atoms with van der Waals surface area (Å²) in [5.74, 6) is 0.863. The summed E-state index contributed by atoms with van der Waals surface area (Å²) in [6.45, 7) is 2.63. The Morgan fingerprint density at radius 3 is 2.79 bits per heavy atom. The lowest BCUT2D eigenvalue weighted by Crippen LogP contribution is -2.20. The summed E-state index contributed by atoms with van der Waals surface area (Å²) in [7, 11) is 1.68. The number of aromatic nitrogens is 3. The summed E-state index contributed by atoms with van der Waals surface area (Å²) in [6, 6.07) is 12.3. The van der Waals surface area contributed by atoms with Crippen LogP contribution in [0.3, 0.4) is 0 Å². The van der Waals surface area contributed by atoms with Gasteiger partial charge < -0.3 is 10.1 Å². The first-order valence-electron chi connectivity index (χ1n) is 8.19. The molecule has 1 aliphatic heterocycles. The molecular weight excluding hydrogens is 300 g/mol. The molecule has 5 nitrogen and oxygen atoms in total. The Balaban J connectivity index is 1.66. The van der Waals surface area contributed by atoms with Crippen LogP contribution < -0.4 is 10.1 Å². The highest BCUT2D eigenvalue weighted by atomic mass is 16.5. The molecule has 5 heteroatoms. The summed E-state index contributed by atoms with van der Waals surface area (Å²) in [5.41, 5.74) is 4.48. The number of rotatable bonds is 4. The van der Waals surface area contributed by atoms with Gasteiger partial charge in [-0.1, -0.05) is 18.2 Å². The van der Waals surface area contributed by atoms with Crippen molar-refractivity contribution in [1.82, 2.24) is 20.1 Å². The zero-order valence-corrected chi connectivity index (χ0v) is 13.7. The van der Waals surface area contributed by atoms with Gasteiger partial charge >= 0.3 is 0 Å². The number of fused-ring (bicyclic) bond motifs is 1. The monoisotopic (exact) mass is 320 g/mol. The van der Waals surface area contributed by atoms with Crippen molar-refractivity contribution in [3.05, 3.63) is 59.9 Å². The smallest absolute Gasteiger partial charge is 0.158 e. The molecule has 122 valence electrons. The zero-order valence-electron chi connectivity index (χ0n) is 13.7. The highest BCUT2D eigenvalue weighted by molar-refractivity contribution is 5.78. The molecule has 0 radical (unpaired) electrons. The van der Waals surface area contributed by atoms with Crippen LogP contribution in [0.2, 0.25) is 0 Å². The molecule has 0 unspecified atom stereocenters. The Bertz CT molecular complexity index is 880. The van der Waals surface area contributed by atoms with E-state index in [2.05, 4.69) is 40.8 Å². The SMILES string of the molecule is COc1ccc(Cn2ncc3ccc(C4=CCNCC4)nc32)cc1. The highest BCUT2D eigenvalue weighted by Gasteiger charge is 2.11. The predicted octanol–water partition coefficient (Wildman–Crippen LogP) is 2.86. The molecule has 2 aromatic heterocycles. The molecule has 0 saturated heterocycles. The van der Waals surface area contributed by atoms with Gasteiger partial charge in [-0.2, -0.15) is 5.10 Å². The van der Waals surface area contributed by atoms with Crippen LogP contribution in [0.15, 0.2) is 48.7 Å². The minimum Gasteiger partial charge on any atom is -0.497 e. The fourth-order valence-electron chi connectivity index (χ4n) is 3.01. The molecule has 4 rings (SSSR count). The van der Waals surface area contributed by atoms with Crippen molar-refractivity contribution in [2.45, 2.75) is 13.0 Å². The quantitative estimate of drug-likeness (QED) is 0.803. The Hall–Kier alpha value is -2.66. The van der Waals surface area contributed by atoms with Crippen LogP contribution in [0.25, 0.3) is 16.6 Å². The molecule has 3 aromatic rings. The summed E-state index contributed by atoms with van der Waals surface area (Å²) < 4.78 is 7.17. The molecule has 0 atom stereocenters. The van der Waals surface area contributed by atoms with Crippen molar-refractivity contribution in [3.63, 3.8) is 0 Å². The first-order chi connectivity index (χ1) is 11.8. The van der Waals surface area contributed by atoms with Crippen molar-refractivity contribution in [2.24, 2.45) is 0 Å². The van der Waals surface area contributed by atoms with Crippen LogP contribution in [0.1, 0.15) is 17.7 Å². The summed E-state index contributed by atoms with van der Waals surface area (Å²) >= 11 is 0. The van der Waals surface area contributed by atoms with Gasteiger partial charge in [0.2, 0.25) is 0 Å². The molecule has 1 aliphatic rings. The summed E-state index contributed by atoms with van der Waals surface area (Å²) in [4.78, 5) is 4.87. The molecule has 0 bridgehead atoms. The highest BCUT2D eigenvalue weighted by Crippen LogP contribution is 2.22. The van der Waals surface area contributed by atoms with Crippen molar-refractivity contribution in [3.8, 4) is 5.75 Å². The molecule has 0 aliphatic carbocycles. The van der Waals surface area contributed by atoms with E-state index in [4.69, 9.17) is 9.72 Å². The third-order valence-electron chi connectivity index (χ3n) is 4.37. The number of methoxy groups -OCH3 is 1. The number of nitrogens with zero attached hydrogens (tertiary/aromatic N) is 3. The molecule has 0 amide bonds. The van der Waals surface area contributed by atoms with Gasteiger partial charge in [-0.3, -0.25) is 0 Å². The van der Waals surface area contributed by atoms with Crippen LogP contribution in [0.5, 0.6) is 5.75 Å². The fourth-order valence-corrected chi connectivity index (χ4v) is 3.01. The Morgan fingerprint density at radius 1 is 1.17 bits per heavy atom. The van der Waals surface area contributed by atoms with Crippen LogP contribution >= 0.6 is 0 Å². The third-order valence-corrected chi connectivity index (χ3v) is 4.37. The van der Waals surface area contributed by atoms with Gasteiger partial charge in [0.25, 0.3) is 0 Å². The van der Waals surface area contributed by atoms with Crippen molar-refractivity contribution < 1.29 is 4.74 Å². The minimum absolute atomic E-state index is 0.699. The van der Waals surface area contributed by atoms with E-state index in [9.17, 15) is 0 Å². The average molecular weight is 320 g/mol. The third kappa shape index (κ3) is 2.90. The number of benzene rings is 1. The molecular formula is C19H20N4O. The Morgan fingerprint density at radius 2 is 2.04 bits per heavy atom. The maximum Gasteiger partial charge on any atom is 0.158 e. The maximum atomic E-state index is 5.21. The first kappa shape index (κ1) is 14.9. The van der Waals surface area contributed by atoms with Gasteiger partial charge in [-0.25, -0.2) is 9.67 Å². The van der Waals surface area contributed by atoms with Crippen molar-refractivity contribution in [2.75, 3.05) is 20.2 Å². The van der Waals surface area contributed by atoms with Gasteiger partial charge in [-0.05, 0) is 48.4 Å². The molecule has 1 aromatic carbocycles. The van der Waals surface area contributed by atoms with E-state index in [1.54, 1.807) is 7.11 Å². The number of nitrogens with one attached hydrogen (secondary N) is 1. The fraction of sp³-hybridized carbons (Fsp3) is 0.263. The number of hydrogen-bond acceptors (Lipinski definition) is 4. The molecule has 0 fully saturated rings. The predicted molar refractivity (Wildman–Crippen MR) is 95.1 cm³/mol. The van der Waals surface area contributed by atoms with E-state index in [1.807, 2.05) is 23.0 Å². The van der Waals surface area contributed by atoms with E-state index in [-0.39, 0.29) is 0 Å². The van der Waals surface area contributed by atoms with Crippen molar-refractivity contribution in [1.29, 1.82) is 0 Å². The van der Waals surface area contributed by atoms with Gasteiger partial charge in [0.1, 0.15) is 5.75 Å². The topological polar surface area (TPSA) is 52.0 Å². The molecule has 0 saturated carbocycles. The minimum atomic E-state index is 0.699. The lowest BCUT2D eigenvalue weighted by atomic mass is 10.1. The largest absolute Gasteiger partial charge is 0.497 e. The van der Waals surface area contributed by atoms with Gasteiger partial charge in [-0.15, -0.1) is 0 Å². The lowest BCUT2D eigenvalue weighted by molar-refractivity contribution is 0.414. The normalized spacial score (nSPS) is 14.6. The van der Waals surface area contributed by atoms with E-state index in [1.165, 1.54) is 11.1 Å².